The summed E-state index contributed by atoms with van der Waals surface area (Å²) >= 11 is 6.93. The second kappa shape index (κ2) is 12.3. The van der Waals surface area contributed by atoms with E-state index in [9.17, 15) is 19.2 Å². The smallest absolute Gasteiger partial charge is 0.341 e. The number of hydrogen-bond donors (Lipinski definition) is 2. The molecule has 3 amide bonds. The molecule has 2 aromatic carbocycles. The molecule has 1 aliphatic heterocycles. The Morgan fingerprint density at radius 1 is 1.08 bits per heavy atom. The van der Waals surface area contributed by atoms with Gasteiger partial charge >= 0.3 is 5.97 Å². The summed E-state index contributed by atoms with van der Waals surface area (Å²) in [5, 5.41) is 11.0. The van der Waals surface area contributed by atoms with Gasteiger partial charge in [-0.2, -0.15) is 0 Å². The summed E-state index contributed by atoms with van der Waals surface area (Å²) in [6.45, 7) is 3.28. The zero-order chi connectivity index (χ0) is 26.2. The molecule has 1 heterocycles. The highest BCUT2D eigenvalue weighted by Gasteiger charge is 2.36. The fraction of sp³-hybridized carbons (Fsp3) is 0.250. The van der Waals surface area contributed by atoms with E-state index in [4.69, 9.17) is 30.9 Å². The van der Waals surface area contributed by atoms with Gasteiger partial charge in [-0.15, -0.1) is 0 Å². The molecule has 3 rings (SSSR count). The average Bonchev–Trinajstić information content (AvgIpc) is 3.07. The molecule has 0 radical (unpaired) electrons. The van der Waals surface area contributed by atoms with Crippen molar-refractivity contribution in [3.05, 3.63) is 51.9 Å². The number of carbonyl (C=O) groups is 4. The minimum atomic E-state index is -1.18. The molecule has 0 atom stereocenters. The monoisotopic (exact) mass is 534 g/mol. The minimum Gasteiger partial charge on any atom is -0.494 e. The van der Waals surface area contributed by atoms with E-state index in [-0.39, 0.29) is 28.0 Å². The Bertz CT molecular complexity index is 1200. The lowest BCUT2D eigenvalue weighted by molar-refractivity contribution is -0.139. The Morgan fingerprint density at radius 2 is 1.78 bits per heavy atom. The molecule has 0 saturated carbocycles. The number of rotatable bonds is 11. The number of benzene rings is 2. The van der Waals surface area contributed by atoms with Crippen molar-refractivity contribution in [3.63, 3.8) is 0 Å². The van der Waals surface area contributed by atoms with Crippen LogP contribution < -0.4 is 19.5 Å². The van der Waals surface area contributed by atoms with Crippen molar-refractivity contribution in [2.24, 2.45) is 0 Å². The summed E-state index contributed by atoms with van der Waals surface area (Å²) in [6.07, 6.45) is 1.44. The fourth-order valence-corrected chi connectivity index (χ4v) is 4.25. The van der Waals surface area contributed by atoms with Crippen molar-refractivity contribution in [3.8, 4) is 17.2 Å². The number of nitrogens with one attached hydrogen (secondary N) is 1. The quantitative estimate of drug-likeness (QED) is 0.405. The fourth-order valence-electron chi connectivity index (χ4n) is 3.14. The molecule has 36 heavy (non-hydrogen) atoms. The van der Waals surface area contributed by atoms with E-state index >= 15 is 0 Å². The summed E-state index contributed by atoms with van der Waals surface area (Å²) in [5.41, 5.74) is 0.921. The van der Waals surface area contributed by atoms with Crippen LogP contribution in [0.2, 0.25) is 5.02 Å². The maximum absolute atomic E-state index is 12.8. The van der Waals surface area contributed by atoms with E-state index in [2.05, 4.69) is 5.32 Å². The largest absolute Gasteiger partial charge is 0.494 e. The molecule has 1 saturated heterocycles. The van der Waals surface area contributed by atoms with Crippen LogP contribution in [0.1, 0.15) is 19.4 Å². The van der Waals surface area contributed by atoms with Crippen LogP contribution in [-0.2, 0) is 14.4 Å². The molecule has 0 aromatic heterocycles. The number of aliphatic carboxylic acids is 1. The van der Waals surface area contributed by atoms with Crippen LogP contribution in [0.3, 0.4) is 0 Å². The number of carboxylic acids is 1. The summed E-state index contributed by atoms with van der Waals surface area (Å²) in [7, 11) is 0. The van der Waals surface area contributed by atoms with Crippen molar-refractivity contribution in [2.45, 2.75) is 13.8 Å². The first-order valence-corrected chi connectivity index (χ1v) is 12.0. The maximum atomic E-state index is 12.8. The van der Waals surface area contributed by atoms with E-state index in [0.29, 0.717) is 35.4 Å². The summed E-state index contributed by atoms with van der Waals surface area (Å²) < 4.78 is 16.1. The standard InChI is InChI=1S/C24H23ClN2O8S/c1-3-33-16-7-5-15(6-8-16)26-20(28)12-27-23(31)19(36-24(27)32)11-14-9-17(25)22(35-13-21(29)30)18(10-14)34-4-2/h5-11H,3-4,12-13H2,1-2H3,(H,26,28)(H,29,30)/b19-11+. The number of carbonyl (C=O) groups excluding carboxylic acids is 3. The van der Waals surface area contributed by atoms with Crippen LogP contribution in [-0.4, -0.2) is 59.4 Å². The van der Waals surface area contributed by atoms with E-state index in [1.165, 1.54) is 18.2 Å². The van der Waals surface area contributed by atoms with Crippen LogP contribution in [0.4, 0.5) is 10.5 Å². The molecule has 1 fully saturated rings. The molecule has 10 nitrogen and oxygen atoms in total. The lowest BCUT2D eigenvalue weighted by Gasteiger charge is -2.14. The number of nitrogens with zero attached hydrogens (tertiary/aromatic N) is 1. The number of amides is 3. The molecule has 1 aliphatic rings. The molecule has 190 valence electrons. The molecular formula is C24H23ClN2O8S. The number of carboxylic acid groups (broad SMARTS) is 1. The van der Waals surface area contributed by atoms with Gasteiger partial charge in [0.2, 0.25) is 5.91 Å². The van der Waals surface area contributed by atoms with E-state index in [0.717, 1.165) is 4.90 Å². The number of thioether (sulfide) groups is 1. The first-order chi connectivity index (χ1) is 17.2. The zero-order valence-corrected chi connectivity index (χ0v) is 21.0. The number of halogens is 1. The van der Waals surface area contributed by atoms with Crippen molar-refractivity contribution in [2.75, 3.05) is 31.7 Å². The predicted molar refractivity (Wildman–Crippen MR) is 135 cm³/mol. The Kier molecular flexibility index (Phi) is 9.20. The van der Waals surface area contributed by atoms with Crippen molar-refractivity contribution in [1.82, 2.24) is 4.90 Å². The van der Waals surface area contributed by atoms with Gasteiger partial charge in [0.1, 0.15) is 12.3 Å². The summed E-state index contributed by atoms with van der Waals surface area (Å²) in [6, 6.07) is 9.66. The molecule has 2 N–H and O–H groups in total. The van der Waals surface area contributed by atoms with Crippen molar-refractivity contribution < 1.29 is 38.5 Å². The Hall–Kier alpha value is -3.70. The van der Waals surface area contributed by atoms with Crippen molar-refractivity contribution >= 4 is 58.1 Å². The third-order valence-electron chi connectivity index (χ3n) is 4.59. The molecule has 12 heteroatoms. The predicted octanol–water partition coefficient (Wildman–Crippen LogP) is 4.28. The van der Waals surface area contributed by atoms with Gasteiger partial charge in [-0.25, -0.2) is 4.79 Å². The highest BCUT2D eigenvalue weighted by molar-refractivity contribution is 8.18. The summed E-state index contributed by atoms with van der Waals surface area (Å²) in [4.78, 5) is 49.5. The van der Waals surface area contributed by atoms with E-state index in [1.54, 1.807) is 31.2 Å². The topological polar surface area (TPSA) is 131 Å². The number of anilines is 1. The van der Waals surface area contributed by atoms with Gasteiger partial charge < -0.3 is 24.6 Å². The summed E-state index contributed by atoms with van der Waals surface area (Å²) in [5.74, 6) is -1.46. The Balaban J connectivity index is 1.72. The number of imide groups is 1. The van der Waals surface area contributed by atoms with Gasteiger partial charge in [0.25, 0.3) is 11.1 Å². The van der Waals surface area contributed by atoms with Crippen molar-refractivity contribution in [1.29, 1.82) is 0 Å². The first kappa shape index (κ1) is 26.9. The Morgan fingerprint density at radius 3 is 2.42 bits per heavy atom. The van der Waals surface area contributed by atoms with Gasteiger partial charge in [-0.1, -0.05) is 11.6 Å². The zero-order valence-electron chi connectivity index (χ0n) is 19.4. The average molecular weight is 535 g/mol. The normalized spacial score (nSPS) is 14.2. The number of ether oxygens (including phenoxy) is 3. The SMILES string of the molecule is CCOc1ccc(NC(=O)CN2C(=O)S/C(=C/c3cc(Cl)c(OCC(=O)O)c(OCC)c3)C2=O)cc1. The molecule has 0 unspecified atom stereocenters. The van der Waals surface area contributed by atoms with Crippen LogP contribution in [0, 0.1) is 0 Å². The van der Waals surface area contributed by atoms with E-state index < -0.39 is 36.2 Å². The van der Waals surface area contributed by atoms with Gasteiger partial charge in [-0.3, -0.25) is 19.3 Å². The maximum Gasteiger partial charge on any atom is 0.341 e. The van der Waals surface area contributed by atoms with Gasteiger partial charge in [0, 0.05) is 5.69 Å². The molecule has 0 spiro atoms. The Labute approximate surface area is 216 Å². The van der Waals surface area contributed by atoms with E-state index in [1.807, 2.05) is 6.92 Å². The third kappa shape index (κ3) is 6.92. The van der Waals surface area contributed by atoms with Crippen LogP contribution >= 0.6 is 23.4 Å². The lowest BCUT2D eigenvalue weighted by atomic mass is 10.1. The second-order valence-electron chi connectivity index (χ2n) is 7.22. The highest BCUT2D eigenvalue weighted by atomic mass is 35.5. The number of hydrogen-bond acceptors (Lipinski definition) is 8. The van der Waals surface area contributed by atoms with Crippen LogP contribution in [0.15, 0.2) is 41.3 Å². The van der Waals surface area contributed by atoms with Crippen LogP contribution in [0.5, 0.6) is 17.2 Å². The van der Waals surface area contributed by atoms with Gasteiger partial charge in [-0.05, 0) is 73.6 Å². The second-order valence-corrected chi connectivity index (χ2v) is 8.62. The highest BCUT2D eigenvalue weighted by Crippen LogP contribution is 2.39. The lowest BCUT2D eigenvalue weighted by Crippen LogP contribution is -2.36. The third-order valence-corrected chi connectivity index (χ3v) is 5.78. The van der Waals surface area contributed by atoms with Gasteiger partial charge in [0.15, 0.2) is 18.1 Å². The van der Waals surface area contributed by atoms with Crippen LogP contribution in [0.25, 0.3) is 6.08 Å². The molecular weight excluding hydrogens is 512 g/mol. The molecule has 2 aromatic rings. The molecule has 0 bridgehead atoms. The minimum absolute atomic E-state index is 0.0529. The first-order valence-electron chi connectivity index (χ1n) is 10.8. The molecule has 0 aliphatic carbocycles. The van der Waals surface area contributed by atoms with Gasteiger partial charge in [0.05, 0.1) is 23.1 Å².